The van der Waals surface area contributed by atoms with E-state index in [0.29, 0.717) is 25.3 Å². The smallest absolute Gasteiger partial charge is 0.160 e. The monoisotopic (exact) mass is 509 g/mol. The van der Waals surface area contributed by atoms with E-state index in [4.69, 9.17) is 25.0 Å². The van der Waals surface area contributed by atoms with Gasteiger partial charge in [-0.15, -0.1) is 0 Å². The zero-order chi connectivity index (χ0) is 26.5. The summed E-state index contributed by atoms with van der Waals surface area (Å²) in [5, 5.41) is 5.98. The van der Waals surface area contributed by atoms with Gasteiger partial charge in [0.1, 0.15) is 17.2 Å². The molecule has 3 aromatic carbocycles. The van der Waals surface area contributed by atoms with E-state index in [1.165, 1.54) is 0 Å². The van der Waals surface area contributed by atoms with Crippen molar-refractivity contribution in [1.29, 1.82) is 0 Å². The van der Waals surface area contributed by atoms with Crippen molar-refractivity contribution in [3.05, 3.63) is 102 Å². The van der Waals surface area contributed by atoms with E-state index in [2.05, 4.69) is 34.1 Å². The second kappa shape index (κ2) is 11.1. The van der Waals surface area contributed by atoms with E-state index < -0.39 is 0 Å². The third-order valence-corrected chi connectivity index (χ3v) is 6.44. The fourth-order valence-electron chi connectivity index (χ4n) is 4.42. The summed E-state index contributed by atoms with van der Waals surface area (Å²) in [5.74, 6) is 3.28. The number of ether oxygens (including phenoxy) is 3. The van der Waals surface area contributed by atoms with Crippen molar-refractivity contribution >= 4 is 22.5 Å². The lowest BCUT2D eigenvalue weighted by molar-refractivity contribution is 0.414. The molecular weight excluding hydrogens is 478 g/mol. The summed E-state index contributed by atoms with van der Waals surface area (Å²) in [6.45, 7) is 1.84. The van der Waals surface area contributed by atoms with Gasteiger partial charge in [0.05, 0.1) is 45.1 Å². The van der Waals surface area contributed by atoms with Gasteiger partial charge in [-0.05, 0) is 59.2 Å². The van der Waals surface area contributed by atoms with Crippen LogP contribution >= 0.6 is 0 Å². The Morgan fingerprint density at radius 2 is 1.18 bits per heavy atom. The van der Waals surface area contributed by atoms with Crippen molar-refractivity contribution in [1.82, 2.24) is 14.8 Å². The van der Waals surface area contributed by atoms with Gasteiger partial charge in [0, 0.05) is 13.1 Å². The van der Waals surface area contributed by atoms with Crippen LogP contribution < -0.4 is 24.8 Å². The van der Waals surface area contributed by atoms with Gasteiger partial charge < -0.3 is 24.8 Å². The number of hydrogen-bond donors (Lipinski definition) is 1. The lowest BCUT2D eigenvalue weighted by Gasteiger charge is -2.23. The molecule has 38 heavy (non-hydrogen) atoms. The Morgan fingerprint density at radius 3 is 1.66 bits per heavy atom. The number of nitrogens with zero attached hydrogens (tertiary/aromatic N) is 4. The Kier molecular flexibility index (Phi) is 7.31. The highest BCUT2D eigenvalue weighted by molar-refractivity contribution is 5.90. The zero-order valence-electron chi connectivity index (χ0n) is 21.8. The number of rotatable bonds is 10. The molecule has 8 heteroatoms. The predicted octanol–water partition coefficient (Wildman–Crippen LogP) is 5.29. The van der Waals surface area contributed by atoms with Crippen molar-refractivity contribution in [2.24, 2.45) is 0 Å². The second-order valence-corrected chi connectivity index (χ2v) is 9.02. The fraction of sp³-hybridized carbons (Fsp3) is 0.200. The van der Waals surface area contributed by atoms with Crippen molar-refractivity contribution in [2.75, 3.05) is 32.0 Å². The van der Waals surface area contributed by atoms with Crippen molar-refractivity contribution < 1.29 is 14.2 Å². The molecule has 8 nitrogen and oxygen atoms in total. The number of hydrogen-bond acceptors (Lipinski definition) is 7. The van der Waals surface area contributed by atoms with E-state index in [1.807, 2.05) is 59.3 Å². The number of aromatic nitrogens is 3. The lowest BCUT2D eigenvalue weighted by Crippen LogP contribution is -2.23. The van der Waals surface area contributed by atoms with E-state index in [9.17, 15) is 0 Å². The average Bonchev–Trinajstić information content (AvgIpc) is 3.31. The maximum Gasteiger partial charge on any atom is 0.160 e. The van der Waals surface area contributed by atoms with Crippen LogP contribution in [0.25, 0.3) is 11.0 Å². The molecule has 5 aromatic rings. The first-order chi connectivity index (χ1) is 18.6. The van der Waals surface area contributed by atoms with Gasteiger partial charge in [-0.25, -0.2) is 9.67 Å². The first-order valence-electron chi connectivity index (χ1n) is 12.3. The predicted molar refractivity (Wildman–Crippen MR) is 150 cm³/mol. The number of fused-ring (bicyclic) bond motifs is 1. The largest absolute Gasteiger partial charge is 0.497 e. The van der Waals surface area contributed by atoms with E-state index >= 15 is 0 Å². The Balaban J connectivity index is 1.55. The summed E-state index contributed by atoms with van der Waals surface area (Å²) in [7, 11) is 5.00. The molecule has 5 rings (SSSR count). The summed E-state index contributed by atoms with van der Waals surface area (Å²) in [6.07, 6.45) is 1.68. The average molecular weight is 510 g/mol. The number of anilines is 2. The Morgan fingerprint density at radius 1 is 0.711 bits per heavy atom. The molecule has 0 unspecified atom stereocenters. The van der Waals surface area contributed by atoms with Gasteiger partial charge >= 0.3 is 0 Å². The van der Waals surface area contributed by atoms with Crippen LogP contribution in [-0.4, -0.2) is 36.1 Å². The van der Waals surface area contributed by atoms with Crippen LogP contribution in [0.3, 0.4) is 0 Å². The molecule has 0 amide bonds. The molecular formula is C30H31N5O3. The molecule has 0 bridgehead atoms. The van der Waals surface area contributed by atoms with Gasteiger partial charge in [-0.1, -0.05) is 36.4 Å². The molecule has 0 spiro atoms. The number of pyridine rings is 1. The maximum absolute atomic E-state index is 6.20. The molecule has 0 saturated heterocycles. The van der Waals surface area contributed by atoms with Crippen LogP contribution in [-0.2, 0) is 19.6 Å². The quantitative estimate of drug-likeness (QED) is 0.274. The van der Waals surface area contributed by atoms with E-state index in [-0.39, 0.29) is 0 Å². The Bertz CT molecular complexity index is 1450. The SMILES string of the molecule is COc1ccc(CN(Cc2ccc(OC)cc2)c2nn(Cc3ccc(OC)cc3)c3ncc(N)cc23)cc1. The minimum Gasteiger partial charge on any atom is -0.497 e. The molecule has 0 aliphatic heterocycles. The Hall–Kier alpha value is -4.72. The zero-order valence-corrected chi connectivity index (χ0v) is 21.8. The molecule has 0 radical (unpaired) electrons. The van der Waals surface area contributed by atoms with Crippen molar-refractivity contribution in [2.45, 2.75) is 19.6 Å². The van der Waals surface area contributed by atoms with Crippen LogP contribution in [0.1, 0.15) is 16.7 Å². The minimum absolute atomic E-state index is 0.566. The molecule has 194 valence electrons. The highest BCUT2D eigenvalue weighted by Gasteiger charge is 2.20. The molecule has 2 N–H and O–H groups in total. The highest BCUT2D eigenvalue weighted by atomic mass is 16.5. The number of methoxy groups -OCH3 is 3. The summed E-state index contributed by atoms with van der Waals surface area (Å²) in [4.78, 5) is 6.91. The van der Waals surface area contributed by atoms with Crippen molar-refractivity contribution in [3.8, 4) is 17.2 Å². The maximum atomic E-state index is 6.20. The highest BCUT2D eigenvalue weighted by Crippen LogP contribution is 2.30. The lowest BCUT2D eigenvalue weighted by atomic mass is 10.1. The van der Waals surface area contributed by atoms with Crippen LogP contribution in [0.15, 0.2) is 85.1 Å². The van der Waals surface area contributed by atoms with Crippen LogP contribution in [0.2, 0.25) is 0 Å². The van der Waals surface area contributed by atoms with Crippen LogP contribution in [0.5, 0.6) is 17.2 Å². The normalized spacial score (nSPS) is 10.9. The summed E-state index contributed by atoms with van der Waals surface area (Å²) < 4.78 is 17.9. The van der Waals surface area contributed by atoms with Gasteiger partial charge in [0.25, 0.3) is 0 Å². The molecule has 2 heterocycles. The first-order valence-corrected chi connectivity index (χ1v) is 12.3. The van der Waals surface area contributed by atoms with Crippen LogP contribution in [0, 0.1) is 0 Å². The molecule has 0 aliphatic carbocycles. The molecule has 0 aliphatic rings. The van der Waals surface area contributed by atoms with Gasteiger partial charge in [-0.2, -0.15) is 5.10 Å². The summed E-state index contributed by atoms with van der Waals surface area (Å²) in [6, 6.07) is 26.1. The number of benzene rings is 3. The topological polar surface area (TPSA) is 87.7 Å². The van der Waals surface area contributed by atoms with Gasteiger partial charge in [-0.3, -0.25) is 0 Å². The molecule has 2 aromatic heterocycles. The van der Waals surface area contributed by atoms with Gasteiger partial charge in [0.15, 0.2) is 11.5 Å². The second-order valence-electron chi connectivity index (χ2n) is 9.02. The van der Waals surface area contributed by atoms with Crippen LogP contribution in [0.4, 0.5) is 11.5 Å². The van der Waals surface area contributed by atoms with Gasteiger partial charge in [0.2, 0.25) is 0 Å². The molecule has 0 fully saturated rings. The summed E-state index contributed by atoms with van der Waals surface area (Å²) in [5.41, 5.74) is 10.9. The first kappa shape index (κ1) is 25.0. The standard InChI is InChI=1S/C30H31N5O3/c1-36-25-10-4-21(5-11-25)18-34(19-22-6-12-26(37-2)13-7-22)30-28-16-24(31)17-32-29(28)35(33-30)20-23-8-14-27(38-3)15-9-23/h4-17H,18-20,31H2,1-3H3. The number of nitrogen functional groups attached to an aromatic ring is 1. The Labute approximate surface area is 222 Å². The van der Waals surface area contributed by atoms with Crippen molar-refractivity contribution in [3.63, 3.8) is 0 Å². The minimum atomic E-state index is 0.566. The summed E-state index contributed by atoms with van der Waals surface area (Å²) >= 11 is 0. The molecule has 0 atom stereocenters. The third-order valence-electron chi connectivity index (χ3n) is 6.44. The third kappa shape index (κ3) is 5.49. The number of nitrogens with two attached hydrogens (primary N) is 1. The molecule has 0 saturated carbocycles. The van der Waals surface area contributed by atoms with E-state index in [1.54, 1.807) is 27.5 Å². The fourth-order valence-corrected chi connectivity index (χ4v) is 4.42. The van der Waals surface area contributed by atoms with E-state index in [0.717, 1.165) is 50.8 Å².